The van der Waals surface area contributed by atoms with E-state index in [1.807, 2.05) is 24.5 Å². The fraction of sp³-hybridized carbons (Fsp3) is 0.0714. The summed E-state index contributed by atoms with van der Waals surface area (Å²) >= 11 is 0. The molecule has 0 bridgehead atoms. The van der Waals surface area contributed by atoms with Crippen LogP contribution in [0, 0.1) is 13.8 Å². The number of pyridine rings is 2. The highest BCUT2D eigenvalue weighted by molar-refractivity contribution is 5.74. The third kappa shape index (κ3) is 5.18. The number of aryl methyl sites for hydroxylation is 2. The molecule has 2 heterocycles. The minimum atomic E-state index is 0.867. The van der Waals surface area contributed by atoms with Crippen molar-refractivity contribution in [1.82, 2.24) is 9.97 Å². The van der Waals surface area contributed by atoms with Crippen LogP contribution in [0.1, 0.15) is 33.4 Å². The lowest BCUT2D eigenvalue weighted by Gasteiger charge is -2.03. The lowest BCUT2D eigenvalue weighted by Crippen LogP contribution is -1.88. The summed E-state index contributed by atoms with van der Waals surface area (Å²) < 4.78 is 0. The second kappa shape index (κ2) is 9.15. The summed E-state index contributed by atoms with van der Waals surface area (Å²) in [6.45, 7) is 4.19. The molecule has 4 aromatic rings. The van der Waals surface area contributed by atoms with Gasteiger partial charge in [0, 0.05) is 12.4 Å². The van der Waals surface area contributed by atoms with E-state index in [1.54, 1.807) is 0 Å². The van der Waals surface area contributed by atoms with Crippen molar-refractivity contribution in [2.45, 2.75) is 13.8 Å². The van der Waals surface area contributed by atoms with Gasteiger partial charge in [-0.05, 0) is 60.4 Å². The minimum Gasteiger partial charge on any atom is -0.255 e. The van der Waals surface area contributed by atoms with E-state index in [9.17, 15) is 0 Å². The van der Waals surface area contributed by atoms with E-state index in [2.05, 4.69) is 109 Å². The number of hydrogen-bond acceptors (Lipinski definition) is 2. The number of benzene rings is 2. The van der Waals surface area contributed by atoms with Crippen LogP contribution in [0.2, 0.25) is 0 Å². The molecule has 0 N–H and O–H groups in total. The molecule has 0 aliphatic heterocycles. The third-order valence-corrected chi connectivity index (χ3v) is 4.92. The molecule has 0 aliphatic carbocycles. The van der Waals surface area contributed by atoms with Crippen molar-refractivity contribution in [2.24, 2.45) is 0 Å². The Morgan fingerprint density at radius 1 is 0.467 bits per heavy atom. The molecule has 2 heteroatoms. The van der Waals surface area contributed by atoms with E-state index < -0.39 is 0 Å². The van der Waals surface area contributed by atoms with E-state index in [1.165, 1.54) is 22.3 Å². The van der Waals surface area contributed by atoms with Crippen molar-refractivity contribution >= 4 is 24.3 Å². The van der Waals surface area contributed by atoms with Gasteiger partial charge in [-0.3, -0.25) is 9.97 Å². The van der Waals surface area contributed by atoms with Crippen LogP contribution in [0.25, 0.3) is 35.7 Å². The summed E-state index contributed by atoms with van der Waals surface area (Å²) in [6.07, 6.45) is 12.1. The zero-order valence-electron chi connectivity index (χ0n) is 17.3. The molecule has 0 fully saturated rings. The van der Waals surface area contributed by atoms with Gasteiger partial charge in [0.15, 0.2) is 0 Å². The first-order valence-electron chi connectivity index (χ1n) is 10.1. The van der Waals surface area contributed by atoms with Crippen LogP contribution in [-0.4, -0.2) is 9.97 Å². The van der Waals surface area contributed by atoms with Crippen LogP contribution in [0.5, 0.6) is 0 Å². The van der Waals surface area contributed by atoms with E-state index in [0.29, 0.717) is 0 Å². The van der Waals surface area contributed by atoms with E-state index >= 15 is 0 Å². The van der Waals surface area contributed by atoms with Gasteiger partial charge < -0.3 is 0 Å². The first kappa shape index (κ1) is 19.5. The molecule has 2 aromatic carbocycles. The topological polar surface area (TPSA) is 25.8 Å². The molecule has 0 unspecified atom stereocenters. The molecule has 0 saturated heterocycles. The summed E-state index contributed by atoms with van der Waals surface area (Å²) in [5.74, 6) is 0. The van der Waals surface area contributed by atoms with Crippen molar-refractivity contribution < 1.29 is 0 Å². The molecule has 146 valence electrons. The first-order chi connectivity index (χ1) is 14.7. The molecule has 2 nitrogen and oxygen atoms in total. The Bertz CT molecular complexity index is 1090. The van der Waals surface area contributed by atoms with E-state index in [4.69, 9.17) is 0 Å². The molecule has 0 amide bonds. The quantitative estimate of drug-likeness (QED) is 0.364. The van der Waals surface area contributed by atoms with Crippen LogP contribution in [-0.2, 0) is 0 Å². The Balaban J connectivity index is 1.54. The van der Waals surface area contributed by atoms with Crippen LogP contribution in [0.3, 0.4) is 0 Å². The maximum atomic E-state index is 4.52. The van der Waals surface area contributed by atoms with Gasteiger partial charge in [0.1, 0.15) is 0 Å². The van der Waals surface area contributed by atoms with Gasteiger partial charge in [0.2, 0.25) is 0 Å². The maximum absolute atomic E-state index is 4.52. The van der Waals surface area contributed by atoms with Crippen LogP contribution < -0.4 is 0 Å². The highest BCUT2D eigenvalue weighted by atomic mass is 14.8. The fourth-order valence-electron chi connectivity index (χ4n) is 3.12. The molecule has 0 atom stereocenters. The monoisotopic (exact) mass is 388 g/mol. The Hall–Kier alpha value is -3.78. The van der Waals surface area contributed by atoms with Gasteiger partial charge in [0.25, 0.3) is 0 Å². The third-order valence-electron chi connectivity index (χ3n) is 4.92. The van der Waals surface area contributed by atoms with Crippen molar-refractivity contribution in [2.75, 3.05) is 0 Å². The number of rotatable bonds is 5. The zero-order chi connectivity index (χ0) is 20.8. The van der Waals surface area contributed by atoms with Crippen LogP contribution >= 0.6 is 0 Å². The van der Waals surface area contributed by atoms with Gasteiger partial charge in [-0.1, -0.05) is 84.0 Å². The highest BCUT2D eigenvalue weighted by Crippen LogP contribution is 2.19. The molecule has 0 saturated carbocycles. The second-order valence-corrected chi connectivity index (χ2v) is 7.44. The molecule has 30 heavy (non-hydrogen) atoms. The molecule has 0 aliphatic rings. The Kier molecular flexibility index (Phi) is 5.95. The van der Waals surface area contributed by atoms with Crippen molar-refractivity contribution in [1.29, 1.82) is 0 Å². The standard InChI is InChI=1S/C28H24N2/c1-21-3-7-23(8-4-21)11-13-25-15-17-29-27(19-25)28-20-26(16-18-30-28)14-12-24-9-5-22(2)6-10-24/h3-20H,1-2H3/b13-11+,14-12+. The molecular formula is C28H24N2. The van der Waals surface area contributed by atoms with Gasteiger partial charge in [0.05, 0.1) is 11.4 Å². The van der Waals surface area contributed by atoms with Crippen molar-refractivity contribution in [3.05, 3.63) is 119 Å². The lowest BCUT2D eigenvalue weighted by atomic mass is 10.1. The van der Waals surface area contributed by atoms with Crippen LogP contribution in [0.15, 0.2) is 85.2 Å². The average Bonchev–Trinajstić information content (AvgIpc) is 2.79. The SMILES string of the molecule is Cc1ccc(/C=C/c2ccnc(-c3cc(/C=C/c4ccc(C)cc4)ccn3)c2)cc1. The highest BCUT2D eigenvalue weighted by Gasteiger charge is 2.02. The Labute approximate surface area is 178 Å². The van der Waals surface area contributed by atoms with Gasteiger partial charge >= 0.3 is 0 Å². The first-order valence-corrected chi connectivity index (χ1v) is 10.1. The molecule has 0 radical (unpaired) electrons. The summed E-state index contributed by atoms with van der Waals surface area (Å²) in [6, 6.07) is 25.1. The van der Waals surface area contributed by atoms with E-state index in [-0.39, 0.29) is 0 Å². The normalized spacial score (nSPS) is 11.4. The predicted octanol–water partition coefficient (Wildman–Crippen LogP) is 7.10. The molecule has 4 rings (SSSR count). The van der Waals surface area contributed by atoms with Gasteiger partial charge in [-0.25, -0.2) is 0 Å². The van der Waals surface area contributed by atoms with E-state index in [0.717, 1.165) is 22.5 Å². The largest absolute Gasteiger partial charge is 0.255 e. The molecule has 0 spiro atoms. The van der Waals surface area contributed by atoms with Gasteiger partial charge in [-0.15, -0.1) is 0 Å². The second-order valence-electron chi connectivity index (χ2n) is 7.44. The Morgan fingerprint density at radius 3 is 1.23 bits per heavy atom. The van der Waals surface area contributed by atoms with Crippen molar-refractivity contribution in [3.8, 4) is 11.4 Å². The fourth-order valence-corrected chi connectivity index (χ4v) is 3.12. The smallest absolute Gasteiger partial charge is 0.0892 e. The summed E-state index contributed by atoms with van der Waals surface area (Å²) in [4.78, 5) is 9.05. The molecular weight excluding hydrogens is 364 g/mol. The summed E-state index contributed by atoms with van der Waals surface area (Å²) in [7, 11) is 0. The van der Waals surface area contributed by atoms with Crippen molar-refractivity contribution in [3.63, 3.8) is 0 Å². The number of nitrogens with zero attached hydrogens (tertiary/aromatic N) is 2. The van der Waals surface area contributed by atoms with Crippen LogP contribution in [0.4, 0.5) is 0 Å². The lowest BCUT2D eigenvalue weighted by molar-refractivity contribution is 1.24. The maximum Gasteiger partial charge on any atom is 0.0892 e. The minimum absolute atomic E-state index is 0.867. The Morgan fingerprint density at radius 2 is 0.833 bits per heavy atom. The summed E-state index contributed by atoms with van der Waals surface area (Å²) in [5.41, 5.74) is 8.83. The zero-order valence-corrected chi connectivity index (χ0v) is 17.3. The van der Waals surface area contributed by atoms with Gasteiger partial charge in [-0.2, -0.15) is 0 Å². The molecule has 2 aromatic heterocycles. The number of hydrogen-bond donors (Lipinski definition) is 0. The predicted molar refractivity (Wildman–Crippen MR) is 128 cm³/mol. The average molecular weight is 389 g/mol. The number of aromatic nitrogens is 2. The summed E-state index contributed by atoms with van der Waals surface area (Å²) in [5, 5.41) is 0.